The maximum Gasteiger partial charge on any atom is 0.260 e. The summed E-state index contributed by atoms with van der Waals surface area (Å²) < 4.78 is 0. The number of rotatable bonds is 4. The van der Waals surface area contributed by atoms with Crippen molar-refractivity contribution in [3.05, 3.63) is 28.6 Å². The highest BCUT2D eigenvalue weighted by Crippen LogP contribution is 2.13. The van der Waals surface area contributed by atoms with Crippen molar-refractivity contribution in [1.82, 2.24) is 9.97 Å². The van der Waals surface area contributed by atoms with E-state index in [-0.39, 0.29) is 11.6 Å². The number of nitrogen functional groups attached to an aromatic ring is 1. The van der Waals surface area contributed by atoms with Crippen LogP contribution in [-0.4, -0.2) is 28.0 Å². The second kappa shape index (κ2) is 5.30. The van der Waals surface area contributed by atoms with E-state index in [1.807, 2.05) is 13.2 Å². The summed E-state index contributed by atoms with van der Waals surface area (Å²) in [7, 11) is 0. The van der Waals surface area contributed by atoms with E-state index in [1.54, 1.807) is 30.0 Å². The van der Waals surface area contributed by atoms with E-state index in [1.165, 1.54) is 0 Å². The van der Waals surface area contributed by atoms with Crippen molar-refractivity contribution in [1.29, 1.82) is 0 Å². The predicted molar refractivity (Wildman–Crippen MR) is 78.2 cm³/mol. The molecule has 4 N–H and O–H groups in total. The minimum atomic E-state index is -0.175. The highest BCUT2D eigenvalue weighted by atomic mass is 32.2. The Bertz CT molecular complexity index is 611. The Labute approximate surface area is 109 Å². The van der Waals surface area contributed by atoms with Gasteiger partial charge in [-0.3, -0.25) is 9.78 Å². The summed E-state index contributed by atoms with van der Waals surface area (Å²) in [6.45, 7) is 2.05. The van der Waals surface area contributed by atoms with Crippen LogP contribution in [0.25, 0.3) is 10.9 Å². The highest BCUT2D eigenvalue weighted by molar-refractivity contribution is 7.98. The summed E-state index contributed by atoms with van der Waals surface area (Å²) in [6.07, 6.45) is 2.04. The molecule has 1 heterocycles. The summed E-state index contributed by atoms with van der Waals surface area (Å²) in [6, 6.07) is 5.37. The zero-order valence-electron chi connectivity index (χ0n) is 10.4. The first-order valence-electron chi connectivity index (χ1n) is 5.65. The number of nitrogens with one attached hydrogen (secondary N) is 2. The third-order valence-electron chi connectivity index (χ3n) is 2.53. The van der Waals surface area contributed by atoms with Crippen LogP contribution < -0.4 is 16.6 Å². The molecule has 1 aromatic heterocycles. The molecule has 0 saturated heterocycles. The van der Waals surface area contributed by atoms with Crippen LogP contribution in [0.5, 0.6) is 0 Å². The van der Waals surface area contributed by atoms with Gasteiger partial charge in [0.15, 0.2) is 0 Å². The minimum absolute atomic E-state index is 0.175. The van der Waals surface area contributed by atoms with Crippen molar-refractivity contribution in [3.8, 4) is 0 Å². The molecule has 0 amide bonds. The standard InChI is InChI=1S/C12H16N4OS/c1-7(6-18-2)14-12-15-10-4-3-8(13)5-9(10)11(17)16-12/h3-5,7H,6,13H2,1-2H3,(H2,14,15,16,17). The van der Waals surface area contributed by atoms with Crippen molar-refractivity contribution in [2.24, 2.45) is 0 Å². The second-order valence-electron chi connectivity index (χ2n) is 4.19. The molecule has 1 aromatic carbocycles. The zero-order chi connectivity index (χ0) is 13.1. The average Bonchev–Trinajstić information content (AvgIpc) is 2.30. The van der Waals surface area contributed by atoms with Crippen LogP contribution in [0, 0.1) is 0 Å². The Morgan fingerprint density at radius 3 is 3.06 bits per heavy atom. The molecule has 0 fully saturated rings. The van der Waals surface area contributed by atoms with E-state index in [2.05, 4.69) is 15.3 Å². The highest BCUT2D eigenvalue weighted by Gasteiger charge is 2.06. The molecule has 96 valence electrons. The number of nitrogens with zero attached hydrogens (tertiary/aromatic N) is 1. The number of aromatic nitrogens is 2. The van der Waals surface area contributed by atoms with Gasteiger partial charge < -0.3 is 11.1 Å². The van der Waals surface area contributed by atoms with Crippen molar-refractivity contribution in [3.63, 3.8) is 0 Å². The molecule has 1 atom stereocenters. The monoisotopic (exact) mass is 264 g/mol. The molecule has 5 nitrogen and oxygen atoms in total. The molecule has 18 heavy (non-hydrogen) atoms. The van der Waals surface area contributed by atoms with Gasteiger partial charge in [-0.15, -0.1) is 0 Å². The van der Waals surface area contributed by atoms with Crippen molar-refractivity contribution < 1.29 is 0 Å². The molecule has 0 radical (unpaired) electrons. The average molecular weight is 264 g/mol. The van der Waals surface area contributed by atoms with Gasteiger partial charge in [0.1, 0.15) is 0 Å². The first kappa shape index (κ1) is 12.8. The first-order chi connectivity index (χ1) is 8.60. The van der Waals surface area contributed by atoms with Crippen molar-refractivity contribution in [2.75, 3.05) is 23.1 Å². The van der Waals surface area contributed by atoms with E-state index >= 15 is 0 Å². The molecular weight excluding hydrogens is 248 g/mol. The number of H-pyrrole nitrogens is 1. The van der Waals surface area contributed by atoms with Gasteiger partial charge in [-0.2, -0.15) is 11.8 Å². The van der Waals surface area contributed by atoms with E-state index < -0.39 is 0 Å². The van der Waals surface area contributed by atoms with Crippen LogP contribution in [0.15, 0.2) is 23.0 Å². The van der Waals surface area contributed by atoms with E-state index in [0.29, 0.717) is 22.5 Å². The van der Waals surface area contributed by atoms with Crippen LogP contribution in [-0.2, 0) is 0 Å². The van der Waals surface area contributed by atoms with Gasteiger partial charge in [0.2, 0.25) is 5.95 Å². The van der Waals surface area contributed by atoms with E-state index in [9.17, 15) is 4.79 Å². The molecule has 2 aromatic rings. The maximum atomic E-state index is 11.9. The fourth-order valence-electron chi connectivity index (χ4n) is 1.75. The van der Waals surface area contributed by atoms with Gasteiger partial charge in [0.25, 0.3) is 5.56 Å². The largest absolute Gasteiger partial charge is 0.399 e. The van der Waals surface area contributed by atoms with E-state index in [4.69, 9.17) is 5.73 Å². The van der Waals surface area contributed by atoms with Gasteiger partial charge in [0.05, 0.1) is 10.9 Å². The summed E-state index contributed by atoms with van der Waals surface area (Å²) in [5.41, 5.74) is 6.68. The summed E-state index contributed by atoms with van der Waals surface area (Å²) >= 11 is 1.74. The van der Waals surface area contributed by atoms with E-state index in [0.717, 1.165) is 5.75 Å². The lowest BCUT2D eigenvalue weighted by atomic mass is 10.2. The van der Waals surface area contributed by atoms with Crippen molar-refractivity contribution in [2.45, 2.75) is 13.0 Å². The molecule has 2 rings (SSSR count). The molecular formula is C12H16N4OS. The Hall–Kier alpha value is -1.69. The smallest absolute Gasteiger partial charge is 0.260 e. The van der Waals surface area contributed by atoms with Gasteiger partial charge >= 0.3 is 0 Å². The lowest BCUT2D eigenvalue weighted by molar-refractivity contribution is 0.888. The number of benzene rings is 1. The summed E-state index contributed by atoms with van der Waals surface area (Å²) in [5, 5.41) is 3.68. The molecule has 0 aliphatic rings. The Morgan fingerprint density at radius 1 is 1.56 bits per heavy atom. The van der Waals surface area contributed by atoms with Gasteiger partial charge in [-0.05, 0) is 31.4 Å². The maximum absolute atomic E-state index is 11.9. The zero-order valence-corrected chi connectivity index (χ0v) is 11.2. The fourth-order valence-corrected chi connectivity index (χ4v) is 2.33. The molecule has 0 aliphatic carbocycles. The van der Waals surface area contributed by atoms with Crippen LogP contribution >= 0.6 is 11.8 Å². The predicted octanol–water partition coefficient (Wildman–Crippen LogP) is 1.67. The third-order valence-corrected chi connectivity index (χ3v) is 3.36. The summed E-state index contributed by atoms with van der Waals surface area (Å²) in [4.78, 5) is 19.0. The Balaban J connectivity index is 2.37. The lowest BCUT2D eigenvalue weighted by Crippen LogP contribution is -2.22. The normalized spacial score (nSPS) is 12.6. The number of thioether (sulfide) groups is 1. The number of anilines is 2. The molecule has 0 aliphatic heterocycles. The van der Waals surface area contributed by atoms with Crippen LogP contribution in [0.4, 0.5) is 11.6 Å². The molecule has 0 spiro atoms. The van der Waals surface area contributed by atoms with Crippen molar-refractivity contribution >= 4 is 34.3 Å². The van der Waals surface area contributed by atoms with Crippen LogP contribution in [0.3, 0.4) is 0 Å². The molecule has 0 saturated carbocycles. The Morgan fingerprint density at radius 2 is 2.33 bits per heavy atom. The topological polar surface area (TPSA) is 83.8 Å². The molecule has 6 heteroatoms. The van der Waals surface area contributed by atoms with Gasteiger partial charge in [-0.1, -0.05) is 0 Å². The second-order valence-corrected chi connectivity index (χ2v) is 5.10. The molecule has 0 bridgehead atoms. The van der Waals surface area contributed by atoms with Crippen LogP contribution in [0.2, 0.25) is 0 Å². The van der Waals surface area contributed by atoms with Crippen LogP contribution in [0.1, 0.15) is 6.92 Å². The van der Waals surface area contributed by atoms with Gasteiger partial charge in [-0.25, -0.2) is 4.98 Å². The summed E-state index contributed by atoms with van der Waals surface area (Å²) in [5.74, 6) is 1.45. The number of nitrogens with two attached hydrogens (primary N) is 1. The SMILES string of the molecule is CSCC(C)Nc1nc2ccc(N)cc2c(=O)[nH]1. The number of fused-ring (bicyclic) bond motifs is 1. The fraction of sp³-hybridized carbons (Fsp3) is 0.333. The molecule has 1 unspecified atom stereocenters. The Kier molecular flexibility index (Phi) is 3.76. The third kappa shape index (κ3) is 2.76. The minimum Gasteiger partial charge on any atom is -0.399 e. The number of aromatic amines is 1. The first-order valence-corrected chi connectivity index (χ1v) is 7.04. The lowest BCUT2D eigenvalue weighted by Gasteiger charge is -2.12. The van der Waals surface area contributed by atoms with Gasteiger partial charge in [0, 0.05) is 17.5 Å². The number of hydrogen-bond donors (Lipinski definition) is 3. The quantitative estimate of drug-likeness (QED) is 0.732. The number of hydrogen-bond acceptors (Lipinski definition) is 5.